The van der Waals surface area contributed by atoms with Gasteiger partial charge in [-0.3, -0.25) is 0 Å². The molecular weight excluding hydrogens is 214 g/mol. The SMILES string of the molecule is CCCN(CCNC(C)COC)CCN(C)C. The highest BCUT2D eigenvalue weighted by molar-refractivity contribution is 4.64. The summed E-state index contributed by atoms with van der Waals surface area (Å²) in [5.41, 5.74) is 0. The second-order valence-electron chi connectivity index (χ2n) is 4.96. The van der Waals surface area contributed by atoms with Gasteiger partial charge in [0.1, 0.15) is 0 Å². The van der Waals surface area contributed by atoms with Crippen LogP contribution in [0.4, 0.5) is 0 Å². The van der Waals surface area contributed by atoms with Crippen molar-refractivity contribution in [2.24, 2.45) is 0 Å². The summed E-state index contributed by atoms with van der Waals surface area (Å²) in [6.45, 7) is 10.8. The molecule has 0 spiro atoms. The summed E-state index contributed by atoms with van der Waals surface area (Å²) in [6, 6.07) is 0.442. The summed E-state index contributed by atoms with van der Waals surface area (Å²) in [5, 5.41) is 3.48. The molecule has 1 unspecified atom stereocenters. The minimum atomic E-state index is 0.442. The van der Waals surface area contributed by atoms with E-state index in [1.165, 1.54) is 13.0 Å². The number of ether oxygens (including phenoxy) is 1. The number of nitrogens with one attached hydrogen (secondary N) is 1. The van der Waals surface area contributed by atoms with Crippen molar-refractivity contribution in [2.45, 2.75) is 26.3 Å². The zero-order valence-electron chi connectivity index (χ0n) is 12.3. The lowest BCUT2D eigenvalue weighted by Gasteiger charge is -2.24. The molecule has 4 nitrogen and oxygen atoms in total. The van der Waals surface area contributed by atoms with Crippen LogP contribution in [0.25, 0.3) is 0 Å². The monoisotopic (exact) mass is 245 g/mol. The topological polar surface area (TPSA) is 27.7 Å². The number of nitrogens with zero attached hydrogens (tertiary/aromatic N) is 2. The fourth-order valence-corrected chi connectivity index (χ4v) is 1.77. The Hall–Kier alpha value is -0.160. The molecule has 1 atom stereocenters. The van der Waals surface area contributed by atoms with Crippen molar-refractivity contribution in [3.05, 3.63) is 0 Å². The van der Waals surface area contributed by atoms with E-state index in [9.17, 15) is 0 Å². The first-order chi connectivity index (χ1) is 8.10. The van der Waals surface area contributed by atoms with Gasteiger partial charge in [-0.1, -0.05) is 6.92 Å². The summed E-state index contributed by atoms with van der Waals surface area (Å²) < 4.78 is 5.10. The Morgan fingerprint density at radius 1 is 1.12 bits per heavy atom. The molecule has 0 aromatic heterocycles. The minimum absolute atomic E-state index is 0.442. The van der Waals surface area contributed by atoms with Gasteiger partial charge in [-0.25, -0.2) is 0 Å². The van der Waals surface area contributed by atoms with Crippen molar-refractivity contribution in [3.8, 4) is 0 Å². The van der Waals surface area contributed by atoms with Gasteiger partial charge < -0.3 is 19.9 Å². The molecule has 0 radical (unpaired) electrons. The van der Waals surface area contributed by atoms with Crippen molar-refractivity contribution >= 4 is 0 Å². The van der Waals surface area contributed by atoms with Crippen LogP contribution >= 0.6 is 0 Å². The summed E-state index contributed by atoms with van der Waals surface area (Å²) in [7, 11) is 6.00. The number of hydrogen-bond acceptors (Lipinski definition) is 4. The average Bonchev–Trinajstić information content (AvgIpc) is 2.26. The Bertz CT molecular complexity index is 165. The summed E-state index contributed by atoms with van der Waals surface area (Å²) in [6.07, 6.45) is 1.22. The third-order valence-corrected chi connectivity index (χ3v) is 2.74. The molecule has 0 bridgehead atoms. The van der Waals surface area contributed by atoms with Crippen molar-refractivity contribution in [3.63, 3.8) is 0 Å². The first-order valence-corrected chi connectivity index (χ1v) is 6.69. The van der Waals surface area contributed by atoms with E-state index in [2.05, 4.69) is 43.1 Å². The Morgan fingerprint density at radius 3 is 2.35 bits per heavy atom. The molecule has 0 heterocycles. The molecule has 0 saturated heterocycles. The fourth-order valence-electron chi connectivity index (χ4n) is 1.77. The van der Waals surface area contributed by atoms with Crippen molar-refractivity contribution < 1.29 is 4.74 Å². The molecule has 0 aromatic rings. The minimum Gasteiger partial charge on any atom is -0.383 e. The van der Waals surface area contributed by atoms with Crippen LogP contribution in [0.3, 0.4) is 0 Å². The van der Waals surface area contributed by atoms with Crippen LogP contribution in [0.2, 0.25) is 0 Å². The van der Waals surface area contributed by atoms with E-state index in [1.54, 1.807) is 7.11 Å². The van der Waals surface area contributed by atoms with Gasteiger partial charge in [0.25, 0.3) is 0 Å². The summed E-state index contributed by atoms with van der Waals surface area (Å²) in [4.78, 5) is 4.76. The molecule has 17 heavy (non-hydrogen) atoms. The Morgan fingerprint density at radius 2 is 1.82 bits per heavy atom. The lowest BCUT2D eigenvalue weighted by atomic mass is 10.3. The third kappa shape index (κ3) is 10.7. The first-order valence-electron chi connectivity index (χ1n) is 6.69. The lowest BCUT2D eigenvalue weighted by molar-refractivity contribution is 0.168. The highest BCUT2D eigenvalue weighted by atomic mass is 16.5. The van der Waals surface area contributed by atoms with Gasteiger partial charge in [-0.05, 0) is 34.0 Å². The zero-order chi connectivity index (χ0) is 13.1. The fraction of sp³-hybridized carbons (Fsp3) is 1.00. The molecule has 0 aliphatic carbocycles. The third-order valence-electron chi connectivity index (χ3n) is 2.74. The Labute approximate surface area is 107 Å². The molecule has 1 N–H and O–H groups in total. The van der Waals surface area contributed by atoms with E-state index in [4.69, 9.17) is 4.74 Å². The smallest absolute Gasteiger partial charge is 0.0613 e. The van der Waals surface area contributed by atoms with Crippen molar-refractivity contribution in [1.29, 1.82) is 0 Å². The molecular formula is C13H31N3O. The predicted molar refractivity (Wildman–Crippen MR) is 74.6 cm³/mol. The average molecular weight is 245 g/mol. The molecule has 0 aliphatic heterocycles. The Balaban J connectivity index is 3.68. The van der Waals surface area contributed by atoms with Crippen LogP contribution in [0.1, 0.15) is 20.3 Å². The molecule has 0 saturated carbocycles. The highest BCUT2D eigenvalue weighted by Crippen LogP contribution is 1.92. The maximum Gasteiger partial charge on any atom is 0.0613 e. The molecule has 104 valence electrons. The van der Waals surface area contributed by atoms with Gasteiger partial charge in [0.05, 0.1) is 6.61 Å². The Kier molecular flexibility index (Phi) is 10.9. The zero-order valence-corrected chi connectivity index (χ0v) is 12.3. The van der Waals surface area contributed by atoms with E-state index >= 15 is 0 Å². The molecule has 4 heteroatoms. The van der Waals surface area contributed by atoms with Gasteiger partial charge in [0.15, 0.2) is 0 Å². The number of rotatable bonds is 11. The molecule has 0 aromatic carbocycles. The van der Waals surface area contributed by atoms with Crippen molar-refractivity contribution in [1.82, 2.24) is 15.1 Å². The maximum atomic E-state index is 5.10. The van der Waals surface area contributed by atoms with Gasteiger partial charge in [-0.2, -0.15) is 0 Å². The van der Waals surface area contributed by atoms with Crippen LogP contribution in [0, 0.1) is 0 Å². The molecule has 0 amide bonds. The van der Waals surface area contributed by atoms with Crippen LogP contribution in [-0.2, 0) is 4.74 Å². The second kappa shape index (κ2) is 11.0. The van der Waals surface area contributed by atoms with E-state index in [0.29, 0.717) is 6.04 Å². The standard InChI is InChI=1S/C13H31N3O/c1-6-8-16(11-10-15(3)4)9-7-14-13(2)12-17-5/h13-14H,6-12H2,1-5H3. The van der Waals surface area contributed by atoms with E-state index < -0.39 is 0 Å². The molecule has 0 fully saturated rings. The molecule has 0 rings (SSSR count). The van der Waals surface area contributed by atoms with E-state index in [-0.39, 0.29) is 0 Å². The van der Waals surface area contributed by atoms with Crippen molar-refractivity contribution in [2.75, 3.05) is 60.5 Å². The number of methoxy groups -OCH3 is 1. The van der Waals surface area contributed by atoms with Gasteiger partial charge in [0.2, 0.25) is 0 Å². The van der Waals surface area contributed by atoms with Crippen LogP contribution in [-0.4, -0.2) is 76.4 Å². The normalized spacial score (nSPS) is 13.6. The van der Waals surface area contributed by atoms with E-state index in [0.717, 1.165) is 32.8 Å². The summed E-state index contributed by atoms with van der Waals surface area (Å²) in [5.74, 6) is 0. The van der Waals surface area contributed by atoms with Gasteiger partial charge in [-0.15, -0.1) is 0 Å². The van der Waals surface area contributed by atoms with E-state index in [1.807, 2.05) is 0 Å². The first kappa shape index (κ1) is 16.8. The summed E-state index contributed by atoms with van der Waals surface area (Å²) >= 11 is 0. The predicted octanol–water partition coefficient (Wildman–Crippen LogP) is 0.885. The maximum absolute atomic E-state index is 5.10. The van der Waals surface area contributed by atoms with Crippen LogP contribution < -0.4 is 5.32 Å². The highest BCUT2D eigenvalue weighted by Gasteiger charge is 2.05. The van der Waals surface area contributed by atoms with Crippen LogP contribution in [0.5, 0.6) is 0 Å². The number of likely N-dealkylation sites (N-methyl/N-ethyl adjacent to an activating group) is 1. The van der Waals surface area contributed by atoms with Gasteiger partial charge >= 0.3 is 0 Å². The lowest BCUT2D eigenvalue weighted by Crippen LogP contribution is -2.40. The van der Waals surface area contributed by atoms with Crippen LogP contribution in [0.15, 0.2) is 0 Å². The number of hydrogen-bond donors (Lipinski definition) is 1. The largest absolute Gasteiger partial charge is 0.383 e. The molecule has 0 aliphatic rings. The quantitative estimate of drug-likeness (QED) is 0.585. The second-order valence-corrected chi connectivity index (χ2v) is 4.96. The van der Waals surface area contributed by atoms with Gasteiger partial charge in [0, 0.05) is 39.3 Å².